The molecule has 9 heteroatoms. The summed E-state index contributed by atoms with van der Waals surface area (Å²) in [5.74, 6) is 0.130. The third-order valence-corrected chi connectivity index (χ3v) is 8.12. The molecule has 0 spiro atoms. The van der Waals surface area contributed by atoms with E-state index in [0.29, 0.717) is 55.3 Å². The van der Waals surface area contributed by atoms with Crippen molar-refractivity contribution in [1.29, 1.82) is 0 Å². The Balaban J connectivity index is 1.30. The number of alkyl halides is 1. The number of benzene rings is 1. The first kappa shape index (κ1) is 28.4. The van der Waals surface area contributed by atoms with E-state index in [4.69, 9.17) is 10.5 Å². The van der Waals surface area contributed by atoms with Gasteiger partial charge in [-0.1, -0.05) is 13.8 Å². The molecule has 7 nitrogen and oxygen atoms in total. The molecular weight excluding hydrogens is 490 g/mol. The third-order valence-electron chi connectivity index (χ3n) is 8.12. The molecule has 38 heavy (non-hydrogen) atoms. The lowest BCUT2D eigenvalue weighted by Gasteiger charge is -2.36. The number of carbonyl (C=O) groups is 1. The zero-order chi connectivity index (χ0) is 27.3. The van der Waals surface area contributed by atoms with E-state index in [2.05, 4.69) is 9.88 Å². The van der Waals surface area contributed by atoms with Crippen molar-refractivity contribution in [3.05, 3.63) is 47.9 Å². The molecule has 2 fully saturated rings. The zero-order valence-corrected chi connectivity index (χ0v) is 22.4. The van der Waals surface area contributed by atoms with Crippen LogP contribution in [0.15, 0.2) is 36.5 Å². The predicted molar refractivity (Wildman–Crippen MR) is 143 cm³/mol. The monoisotopic (exact) mass is 530 g/mol. The Morgan fingerprint density at radius 1 is 1.21 bits per heavy atom. The van der Waals surface area contributed by atoms with Crippen LogP contribution in [0.1, 0.15) is 56.3 Å². The minimum atomic E-state index is -1.10. The van der Waals surface area contributed by atoms with Gasteiger partial charge in [-0.15, -0.1) is 0 Å². The van der Waals surface area contributed by atoms with E-state index in [1.807, 2.05) is 13.8 Å². The SMILES string of the molecule is CCC(F)(CC)CN1CCC(COc2ccc(-c3ccc(C(=O)N4CC(O)CC4CN)cc3F)nc2)CC1. The molecular formula is C29H40F2N4O3. The number of carbonyl (C=O) groups excluding carboxylic acids is 1. The number of aliphatic hydroxyl groups is 1. The van der Waals surface area contributed by atoms with E-state index in [1.165, 1.54) is 11.0 Å². The van der Waals surface area contributed by atoms with Crippen molar-refractivity contribution in [3.8, 4) is 17.0 Å². The summed E-state index contributed by atoms with van der Waals surface area (Å²) in [7, 11) is 0. The lowest BCUT2D eigenvalue weighted by atomic mass is 9.94. The molecule has 0 radical (unpaired) electrons. The van der Waals surface area contributed by atoms with Crippen LogP contribution in [0.25, 0.3) is 11.3 Å². The van der Waals surface area contributed by atoms with Crippen molar-refractivity contribution in [2.24, 2.45) is 11.7 Å². The molecule has 3 N–H and O–H groups in total. The summed E-state index contributed by atoms with van der Waals surface area (Å²) in [4.78, 5) is 21.0. The maximum absolute atomic E-state index is 15.0. The average Bonchev–Trinajstić information content (AvgIpc) is 3.33. The number of β-amino-alcohol motifs (C(OH)–C–C–N with tert-alkyl or cyclic N) is 1. The van der Waals surface area contributed by atoms with Gasteiger partial charge in [0.05, 0.1) is 24.6 Å². The lowest BCUT2D eigenvalue weighted by molar-refractivity contribution is 0.0568. The Bertz CT molecular complexity index is 1070. The molecule has 1 amide bonds. The zero-order valence-electron chi connectivity index (χ0n) is 22.4. The fraction of sp³-hybridized carbons (Fsp3) is 0.586. The second-order valence-electron chi connectivity index (χ2n) is 10.7. The molecule has 2 atom stereocenters. The molecule has 0 aliphatic carbocycles. The van der Waals surface area contributed by atoms with Gasteiger partial charge in [0.2, 0.25) is 0 Å². The van der Waals surface area contributed by atoms with Crippen LogP contribution in [0.2, 0.25) is 0 Å². The van der Waals surface area contributed by atoms with Gasteiger partial charge in [0.1, 0.15) is 17.2 Å². The number of hydrogen-bond donors (Lipinski definition) is 2. The quantitative estimate of drug-likeness (QED) is 0.482. The number of nitrogens with two attached hydrogens (primary N) is 1. The molecule has 1 aromatic carbocycles. The average molecular weight is 531 g/mol. The van der Waals surface area contributed by atoms with Crippen LogP contribution in [0.3, 0.4) is 0 Å². The molecule has 2 aliphatic heterocycles. The summed E-state index contributed by atoms with van der Waals surface area (Å²) in [5.41, 5.74) is 5.58. The van der Waals surface area contributed by atoms with Crippen molar-refractivity contribution in [2.75, 3.05) is 39.3 Å². The van der Waals surface area contributed by atoms with Gasteiger partial charge in [-0.05, 0) is 81.4 Å². The highest BCUT2D eigenvalue weighted by Crippen LogP contribution is 2.28. The van der Waals surface area contributed by atoms with Gasteiger partial charge in [0.25, 0.3) is 5.91 Å². The van der Waals surface area contributed by atoms with Gasteiger partial charge < -0.3 is 25.4 Å². The molecule has 208 valence electrons. The van der Waals surface area contributed by atoms with Crippen molar-refractivity contribution < 1.29 is 23.4 Å². The number of pyridine rings is 1. The van der Waals surface area contributed by atoms with Crippen LogP contribution in [0, 0.1) is 11.7 Å². The van der Waals surface area contributed by atoms with E-state index in [0.717, 1.165) is 25.9 Å². The van der Waals surface area contributed by atoms with Gasteiger partial charge in [0, 0.05) is 36.8 Å². The van der Waals surface area contributed by atoms with Crippen LogP contribution in [0.5, 0.6) is 5.75 Å². The maximum Gasteiger partial charge on any atom is 0.254 e. The lowest BCUT2D eigenvalue weighted by Crippen LogP contribution is -2.44. The molecule has 2 unspecified atom stereocenters. The maximum atomic E-state index is 15.0. The number of likely N-dealkylation sites (tertiary alicyclic amines) is 2. The van der Waals surface area contributed by atoms with Gasteiger partial charge in [-0.2, -0.15) is 0 Å². The number of aliphatic hydroxyl groups excluding tert-OH is 1. The normalized spacial score (nSPS) is 21.2. The highest BCUT2D eigenvalue weighted by Gasteiger charge is 2.34. The van der Waals surface area contributed by atoms with E-state index < -0.39 is 17.6 Å². The number of aromatic nitrogens is 1. The Morgan fingerprint density at radius 2 is 1.95 bits per heavy atom. The molecule has 2 aliphatic rings. The standard InChI is InChI=1S/C29H40F2N4O3/c1-3-29(31,4-2)19-34-11-9-20(10-12-34)18-38-24-6-8-27(33-16-24)25-7-5-21(13-26(25)30)28(37)35-17-23(36)14-22(35)15-32/h5-8,13,16,20,22-23,36H,3-4,9-12,14-15,17-19,32H2,1-2H3. The van der Waals surface area contributed by atoms with Gasteiger partial charge in [-0.25, -0.2) is 8.78 Å². The van der Waals surface area contributed by atoms with Crippen LogP contribution in [0.4, 0.5) is 8.78 Å². The second-order valence-corrected chi connectivity index (χ2v) is 10.7. The number of amides is 1. The van der Waals surface area contributed by atoms with Crippen LogP contribution >= 0.6 is 0 Å². The summed E-state index contributed by atoms with van der Waals surface area (Å²) < 4.78 is 35.6. The minimum absolute atomic E-state index is 0.197. The Morgan fingerprint density at radius 3 is 2.55 bits per heavy atom. The predicted octanol–water partition coefficient (Wildman–Crippen LogP) is 4.04. The molecule has 4 rings (SSSR count). The summed E-state index contributed by atoms with van der Waals surface area (Å²) in [6.07, 6.45) is 4.42. The largest absolute Gasteiger partial charge is 0.492 e. The summed E-state index contributed by atoms with van der Waals surface area (Å²) in [6, 6.07) is 7.56. The van der Waals surface area contributed by atoms with Crippen molar-refractivity contribution in [3.63, 3.8) is 0 Å². The minimum Gasteiger partial charge on any atom is -0.492 e. The van der Waals surface area contributed by atoms with E-state index in [-0.39, 0.29) is 30.6 Å². The summed E-state index contributed by atoms with van der Waals surface area (Å²) >= 11 is 0. The Hall–Kier alpha value is -2.62. The smallest absolute Gasteiger partial charge is 0.254 e. The summed E-state index contributed by atoms with van der Waals surface area (Å²) in [5, 5.41) is 9.89. The van der Waals surface area contributed by atoms with Crippen molar-refractivity contribution >= 4 is 5.91 Å². The molecule has 1 aromatic heterocycles. The molecule has 0 bridgehead atoms. The molecule has 2 saturated heterocycles. The number of halogens is 2. The molecule has 0 saturated carbocycles. The second kappa shape index (κ2) is 12.5. The van der Waals surface area contributed by atoms with Gasteiger partial charge in [-0.3, -0.25) is 9.78 Å². The number of rotatable bonds is 10. The highest BCUT2D eigenvalue weighted by molar-refractivity contribution is 5.95. The molecule has 2 aromatic rings. The Kier molecular flexibility index (Phi) is 9.33. The van der Waals surface area contributed by atoms with Gasteiger partial charge >= 0.3 is 0 Å². The fourth-order valence-corrected chi connectivity index (χ4v) is 5.41. The number of piperidine rings is 1. The van der Waals surface area contributed by atoms with Crippen molar-refractivity contribution in [1.82, 2.24) is 14.8 Å². The highest BCUT2D eigenvalue weighted by atomic mass is 19.1. The topological polar surface area (TPSA) is 91.9 Å². The van der Waals surface area contributed by atoms with Crippen LogP contribution < -0.4 is 10.5 Å². The van der Waals surface area contributed by atoms with E-state index >= 15 is 0 Å². The first-order chi connectivity index (χ1) is 18.2. The number of hydrogen-bond acceptors (Lipinski definition) is 6. The number of nitrogens with zero attached hydrogens (tertiary/aromatic N) is 3. The first-order valence-electron chi connectivity index (χ1n) is 13.7. The fourth-order valence-electron chi connectivity index (χ4n) is 5.41. The first-order valence-corrected chi connectivity index (χ1v) is 13.7. The molecule has 3 heterocycles. The van der Waals surface area contributed by atoms with Crippen LogP contribution in [-0.4, -0.2) is 82.9 Å². The number of ether oxygens (including phenoxy) is 1. The van der Waals surface area contributed by atoms with Gasteiger partial charge in [0.15, 0.2) is 0 Å². The third kappa shape index (κ3) is 6.68. The van der Waals surface area contributed by atoms with Crippen molar-refractivity contribution in [2.45, 2.75) is 63.8 Å². The van der Waals surface area contributed by atoms with Crippen LogP contribution in [-0.2, 0) is 0 Å². The summed E-state index contributed by atoms with van der Waals surface area (Å²) in [6.45, 7) is 7.08. The van der Waals surface area contributed by atoms with E-state index in [1.54, 1.807) is 30.5 Å². The Labute approximate surface area is 224 Å². The van der Waals surface area contributed by atoms with E-state index in [9.17, 15) is 18.7 Å².